The van der Waals surface area contributed by atoms with E-state index < -0.39 is 11.2 Å². The number of fused-ring (bicyclic) bond motifs is 1. The maximum absolute atomic E-state index is 13.2. The monoisotopic (exact) mass is 379 g/mol. The van der Waals surface area contributed by atoms with Crippen molar-refractivity contribution in [3.63, 3.8) is 0 Å². The highest BCUT2D eigenvalue weighted by molar-refractivity contribution is 8.00. The van der Waals surface area contributed by atoms with Crippen molar-refractivity contribution in [2.24, 2.45) is 5.73 Å². The maximum atomic E-state index is 13.2. The van der Waals surface area contributed by atoms with E-state index in [0.29, 0.717) is 21.6 Å². The minimum absolute atomic E-state index is 0.375. The summed E-state index contributed by atoms with van der Waals surface area (Å²) >= 11 is 1.19. The summed E-state index contributed by atoms with van der Waals surface area (Å²) in [6.07, 6.45) is 3.09. The Bertz CT molecular complexity index is 1100. The molecule has 0 aliphatic carbocycles. The number of rotatable bonds is 5. The van der Waals surface area contributed by atoms with Crippen LogP contribution in [0.3, 0.4) is 0 Å². The molecule has 0 aliphatic rings. The zero-order valence-electron chi connectivity index (χ0n) is 14.0. The van der Waals surface area contributed by atoms with Crippen LogP contribution in [0, 0.1) is 5.82 Å². The van der Waals surface area contributed by atoms with Crippen LogP contribution in [0.5, 0.6) is 0 Å². The number of carbonyl (C=O) groups is 1. The summed E-state index contributed by atoms with van der Waals surface area (Å²) in [4.78, 5) is 20.6. The van der Waals surface area contributed by atoms with E-state index in [1.807, 2.05) is 30.3 Å². The molecule has 0 radical (unpaired) electrons. The molecule has 134 valence electrons. The third kappa shape index (κ3) is 3.39. The van der Waals surface area contributed by atoms with Gasteiger partial charge in [0.1, 0.15) is 22.4 Å². The fourth-order valence-electron chi connectivity index (χ4n) is 2.71. The number of halogens is 1. The number of carbonyl (C=O) groups excluding carboxylic acids is 1. The number of benzene rings is 2. The van der Waals surface area contributed by atoms with Crippen LogP contribution in [0.15, 0.2) is 72.1 Å². The smallest absolute Gasteiger partial charge is 0.235 e. The Balaban J connectivity index is 1.74. The van der Waals surface area contributed by atoms with Gasteiger partial charge in [-0.3, -0.25) is 4.79 Å². The first-order chi connectivity index (χ1) is 13.1. The lowest BCUT2D eigenvalue weighted by atomic mass is 10.1. The summed E-state index contributed by atoms with van der Waals surface area (Å²) in [6, 6.07) is 15.3. The molecule has 0 aliphatic heterocycles. The molecule has 2 N–H and O–H groups in total. The molecule has 0 saturated carbocycles. The van der Waals surface area contributed by atoms with Crippen LogP contribution < -0.4 is 5.73 Å². The Kier molecular flexibility index (Phi) is 4.55. The number of primary amides is 1. The third-order valence-corrected chi connectivity index (χ3v) is 5.28. The van der Waals surface area contributed by atoms with E-state index >= 15 is 0 Å². The van der Waals surface area contributed by atoms with Crippen LogP contribution >= 0.6 is 11.8 Å². The van der Waals surface area contributed by atoms with Crippen LogP contribution in [0.25, 0.3) is 16.7 Å². The van der Waals surface area contributed by atoms with Gasteiger partial charge in [-0.25, -0.2) is 19.0 Å². The van der Waals surface area contributed by atoms with E-state index in [1.54, 1.807) is 23.0 Å². The molecule has 27 heavy (non-hydrogen) atoms. The van der Waals surface area contributed by atoms with Crippen molar-refractivity contribution >= 4 is 28.7 Å². The van der Waals surface area contributed by atoms with Crippen LogP contribution in [0.1, 0.15) is 10.8 Å². The van der Waals surface area contributed by atoms with Gasteiger partial charge in [-0.1, -0.05) is 42.1 Å². The average Bonchev–Trinajstić information content (AvgIpc) is 3.12. The van der Waals surface area contributed by atoms with E-state index in [2.05, 4.69) is 15.1 Å². The molecule has 4 rings (SSSR count). The van der Waals surface area contributed by atoms with E-state index in [-0.39, 0.29) is 5.82 Å². The highest BCUT2D eigenvalue weighted by Gasteiger charge is 2.22. The molecular formula is C19H14FN5OS. The Morgan fingerprint density at radius 1 is 1.07 bits per heavy atom. The van der Waals surface area contributed by atoms with Crippen molar-refractivity contribution in [2.45, 2.75) is 10.3 Å². The fourth-order valence-corrected chi connectivity index (χ4v) is 3.73. The standard InChI is InChI=1S/C19H14FN5OS/c20-13-8-6-12(7-9-13)16(17(21)26)27-19-15-10-24-25(18(15)22-11-23-19)14-4-2-1-3-5-14/h1-11,16H,(H2,21,26). The van der Waals surface area contributed by atoms with Gasteiger partial charge in [0.2, 0.25) is 5.91 Å². The Labute approximate surface area is 158 Å². The van der Waals surface area contributed by atoms with Crippen molar-refractivity contribution < 1.29 is 9.18 Å². The van der Waals surface area contributed by atoms with Gasteiger partial charge in [-0.15, -0.1) is 0 Å². The summed E-state index contributed by atoms with van der Waals surface area (Å²) in [6.45, 7) is 0. The molecule has 0 saturated heterocycles. The molecular weight excluding hydrogens is 365 g/mol. The second-order valence-electron chi connectivity index (χ2n) is 5.76. The SMILES string of the molecule is NC(=O)C(Sc1ncnc2c1cnn2-c1ccccc1)c1ccc(F)cc1. The van der Waals surface area contributed by atoms with Gasteiger partial charge in [0.15, 0.2) is 5.65 Å². The Morgan fingerprint density at radius 2 is 1.81 bits per heavy atom. The average molecular weight is 379 g/mol. The number of nitrogens with two attached hydrogens (primary N) is 1. The summed E-state index contributed by atoms with van der Waals surface area (Å²) in [5, 5.41) is 4.98. The second kappa shape index (κ2) is 7.16. The molecule has 1 atom stereocenters. The van der Waals surface area contributed by atoms with Gasteiger partial charge in [-0.2, -0.15) is 5.10 Å². The number of hydrogen-bond acceptors (Lipinski definition) is 5. The first kappa shape index (κ1) is 17.2. The van der Waals surface area contributed by atoms with Crippen molar-refractivity contribution in [3.8, 4) is 5.69 Å². The molecule has 2 aromatic carbocycles. The number of thioether (sulfide) groups is 1. The predicted octanol–water partition coefficient (Wildman–Crippen LogP) is 3.27. The van der Waals surface area contributed by atoms with Gasteiger partial charge in [0.05, 0.1) is 17.3 Å². The lowest BCUT2D eigenvalue weighted by Crippen LogP contribution is -2.19. The molecule has 1 amide bonds. The number of amides is 1. The highest BCUT2D eigenvalue weighted by Crippen LogP contribution is 2.37. The molecule has 2 aromatic heterocycles. The largest absolute Gasteiger partial charge is 0.368 e. The molecule has 4 aromatic rings. The number of hydrogen-bond donors (Lipinski definition) is 1. The summed E-state index contributed by atoms with van der Waals surface area (Å²) in [5.41, 5.74) is 7.68. The summed E-state index contributed by atoms with van der Waals surface area (Å²) < 4.78 is 14.9. The zero-order valence-corrected chi connectivity index (χ0v) is 14.8. The van der Waals surface area contributed by atoms with Crippen molar-refractivity contribution in [3.05, 3.63) is 78.5 Å². The van der Waals surface area contributed by atoms with Gasteiger partial charge in [0.25, 0.3) is 0 Å². The Morgan fingerprint density at radius 3 is 2.52 bits per heavy atom. The Hall–Kier alpha value is -3.26. The zero-order chi connectivity index (χ0) is 18.8. The minimum Gasteiger partial charge on any atom is -0.368 e. The summed E-state index contributed by atoms with van der Waals surface area (Å²) in [7, 11) is 0. The first-order valence-electron chi connectivity index (χ1n) is 8.09. The highest BCUT2D eigenvalue weighted by atomic mass is 32.2. The third-order valence-electron chi connectivity index (χ3n) is 3.99. The van der Waals surface area contributed by atoms with E-state index in [4.69, 9.17) is 5.73 Å². The predicted molar refractivity (Wildman–Crippen MR) is 101 cm³/mol. The normalized spacial score (nSPS) is 12.2. The van der Waals surface area contributed by atoms with Gasteiger partial charge < -0.3 is 5.73 Å². The van der Waals surface area contributed by atoms with E-state index in [9.17, 15) is 9.18 Å². The number of para-hydroxylation sites is 1. The van der Waals surface area contributed by atoms with E-state index in [1.165, 1.54) is 30.2 Å². The minimum atomic E-state index is -0.705. The first-order valence-corrected chi connectivity index (χ1v) is 8.97. The lowest BCUT2D eigenvalue weighted by molar-refractivity contribution is -0.117. The molecule has 0 bridgehead atoms. The summed E-state index contributed by atoms with van der Waals surface area (Å²) in [5.74, 6) is -0.908. The van der Waals surface area contributed by atoms with Gasteiger partial charge in [-0.05, 0) is 29.8 Å². The lowest BCUT2D eigenvalue weighted by Gasteiger charge is -2.13. The van der Waals surface area contributed by atoms with Crippen LogP contribution in [0.4, 0.5) is 4.39 Å². The molecule has 0 fully saturated rings. The van der Waals surface area contributed by atoms with Crippen molar-refractivity contribution in [1.29, 1.82) is 0 Å². The maximum Gasteiger partial charge on any atom is 0.235 e. The van der Waals surface area contributed by atoms with Crippen molar-refractivity contribution in [1.82, 2.24) is 19.7 Å². The van der Waals surface area contributed by atoms with E-state index in [0.717, 1.165) is 5.69 Å². The van der Waals surface area contributed by atoms with Crippen molar-refractivity contribution in [2.75, 3.05) is 0 Å². The molecule has 0 spiro atoms. The molecule has 1 unspecified atom stereocenters. The van der Waals surface area contributed by atoms with Crippen LogP contribution in [0.2, 0.25) is 0 Å². The van der Waals surface area contributed by atoms with Crippen LogP contribution in [-0.4, -0.2) is 25.7 Å². The topological polar surface area (TPSA) is 86.7 Å². The van der Waals surface area contributed by atoms with Gasteiger partial charge >= 0.3 is 0 Å². The quantitative estimate of drug-likeness (QED) is 0.425. The number of aromatic nitrogens is 4. The number of nitrogens with zero attached hydrogens (tertiary/aromatic N) is 4. The van der Waals surface area contributed by atoms with Crippen LogP contribution in [-0.2, 0) is 4.79 Å². The molecule has 8 heteroatoms. The fraction of sp³-hybridized carbons (Fsp3) is 0.0526. The second-order valence-corrected chi connectivity index (χ2v) is 6.85. The molecule has 6 nitrogen and oxygen atoms in total. The van der Waals surface area contributed by atoms with Gasteiger partial charge in [0, 0.05) is 0 Å². The molecule has 2 heterocycles.